The number of rotatable bonds is 5. The summed E-state index contributed by atoms with van der Waals surface area (Å²) in [6, 6.07) is 25.2. The van der Waals surface area contributed by atoms with Crippen molar-refractivity contribution < 1.29 is 18.8 Å². The first-order valence-electron chi connectivity index (χ1n) is 10.9. The lowest BCUT2D eigenvalue weighted by Crippen LogP contribution is -2.32. The predicted molar refractivity (Wildman–Crippen MR) is 134 cm³/mol. The summed E-state index contributed by atoms with van der Waals surface area (Å²) >= 11 is 0. The zero-order valence-electron chi connectivity index (χ0n) is 18.7. The summed E-state index contributed by atoms with van der Waals surface area (Å²) < 4.78 is 13.5. The van der Waals surface area contributed by atoms with E-state index >= 15 is 0 Å². The fraction of sp³-hybridized carbons (Fsp3) is 0.0357. The number of carbonyl (C=O) groups is 3. The summed E-state index contributed by atoms with van der Waals surface area (Å²) in [7, 11) is 0. The van der Waals surface area contributed by atoms with E-state index < -0.39 is 17.6 Å². The standard InChI is InChI=1S/C28H20FN3O3/c1-17(33)30-21-13-9-19(10-14-21)25-26(31-24-8-4-6-18-5-2-3-7-23(18)24)28(35)32(27(25)34)22-15-11-20(29)12-16-22/h2-16,31H,1H3,(H,30,33). The van der Waals surface area contributed by atoms with Gasteiger partial charge in [-0.25, -0.2) is 9.29 Å². The molecule has 2 N–H and O–H groups in total. The second-order valence-corrected chi connectivity index (χ2v) is 8.08. The Kier molecular flexibility index (Phi) is 5.58. The third-order valence-corrected chi connectivity index (χ3v) is 5.71. The Morgan fingerprint density at radius 3 is 2.20 bits per heavy atom. The molecule has 0 atom stereocenters. The van der Waals surface area contributed by atoms with Crippen molar-refractivity contribution >= 4 is 51.1 Å². The van der Waals surface area contributed by atoms with Crippen LogP contribution in [0.3, 0.4) is 0 Å². The van der Waals surface area contributed by atoms with Crippen LogP contribution in [0.2, 0.25) is 0 Å². The van der Waals surface area contributed by atoms with Crippen LogP contribution in [0, 0.1) is 5.82 Å². The van der Waals surface area contributed by atoms with Crippen molar-refractivity contribution in [2.45, 2.75) is 6.92 Å². The van der Waals surface area contributed by atoms with Gasteiger partial charge in [0.2, 0.25) is 5.91 Å². The summed E-state index contributed by atoms with van der Waals surface area (Å²) in [5, 5.41) is 7.75. The first-order chi connectivity index (χ1) is 16.9. The van der Waals surface area contributed by atoms with E-state index in [-0.39, 0.29) is 22.9 Å². The molecule has 4 aromatic carbocycles. The minimum atomic E-state index is -0.546. The number of imide groups is 1. The number of hydrogen-bond acceptors (Lipinski definition) is 4. The summed E-state index contributed by atoms with van der Waals surface area (Å²) in [6.45, 7) is 1.41. The fourth-order valence-corrected chi connectivity index (χ4v) is 4.13. The van der Waals surface area contributed by atoms with Crippen molar-refractivity contribution in [2.75, 3.05) is 15.5 Å². The molecule has 0 bridgehead atoms. The quantitative estimate of drug-likeness (QED) is 0.391. The van der Waals surface area contributed by atoms with Crippen LogP contribution < -0.4 is 15.5 Å². The van der Waals surface area contributed by atoms with Gasteiger partial charge in [-0.2, -0.15) is 0 Å². The van der Waals surface area contributed by atoms with Crippen LogP contribution in [0.1, 0.15) is 12.5 Å². The highest BCUT2D eigenvalue weighted by atomic mass is 19.1. The number of benzene rings is 4. The highest BCUT2D eigenvalue weighted by Gasteiger charge is 2.40. The molecular weight excluding hydrogens is 445 g/mol. The summed E-state index contributed by atoms with van der Waals surface area (Å²) in [6.07, 6.45) is 0. The monoisotopic (exact) mass is 465 g/mol. The molecule has 0 fully saturated rings. The van der Waals surface area contributed by atoms with Gasteiger partial charge in [-0.3, -0.25) is 14.4 Å². The lowest BCUT2D eigenvalue weighted by atomic mass is 10.0. The zero-order valence-corrected chi connectivity index (χ0v) is 18.7. The summed E-state index contributed by atoms with van der Waals surface area (Å²) in [5.74, 6) is -1.76. The average molecular weight is 465 g/mol. The molecule has 0 aliphatic carbocycles. The van der Waals surface area contributed by atoms with E-state index in [9.17, 15) is 18.8 Å². The lowest BCUT2D eigenvalue weighted by Gasteiger charge is -2.15. The van der Waals surface area contributed by atoms with Crippen LogP contribution >= 0.6 is 0 Å². The molecule has 35 heavy (non-hydrogen) atoms. The smallest absolute Gasteiger partial charge is 0.282 e. The number of carbonyl (C=O) groups excluding carboxylic acids is 3. The summed E-state index contributed by atoms with van der Waals surface area (Å²) in [4.78, 5) is 39.5. The van der Waals surface area contributed by atoms with E-state index in [1.807, 2.05) is 42.5 Å². The van der Waals surface area contributed by atoms with Gasteiger partial charge in [-0.15, -0.1) is 0 Å². The number of anilines is 3. The molecule has 4 aromatic rings. The van der Waals surface area contributed by atoms with Gasteiger partial charge in [-0.05, 0) is 53.4 Å². The SMILES string of the molecule is CC(=O)Nc1ccc(C2=C(Nc3cccc4ccccc34)C(=O)N(c3ccc(F)cc3)C2=O)cc1. The third-order valence-electron chi connectivity index (χ3n) is 5.71. The van der Waals surface area contributed by atoms with Gasteiger partial charge in [-0.1, -0.05) is 48.5 Å². The van der Waals surface area contributed by atoms with Crippen molar-refractivity contribution in [1.82, 2.24) is 0 Å². The average Bonchev–Trinajstić information content (AvgIpc) is 3.09. The van der Waals surface area contributed by atoms with Crippen LogP contribution in [0.25, 0.3) is 16.3 Å². The van der Waals surface area contributed by atoms with Gasteiger partial charge in [0.25, 0.3) is 11.8 Å². The van der Waals surface area contributed by atoms with Gasteiger partial charge in [0.1, 0.15) is 11.5 Å². The molecular formula is C28H20FN3O3. The number of fused-ring (bicyclic) bond motifs is 1. The molecule has 3 amide bonds. The molecule has 7 heteroatoms. The van der Waals surface area contributed by atoms with Gasteiger partial charge in [0.05, 0.1) is 11.3 Å². The van der Waals surface area contributed by atoms with Crippen LogP contribution in [0.15, 0.2) is 96.7 Å². The highest BCUT2D eigenvalue weighted by Crippen LogP contribution is 2.35. The van der Waals surface area contributed by atoms with Crippen LogP contribution in [-0.4, -0.2) is 17.7 Å². The van der Waals surface area contributed by atoms with E-state index in [0.717, 1.165) is 15.7 Å². The third kappa shape index (κ3) is 4.15. The molecule has 0 radical (unpaired) electrons. The van der Waals surface area contributed by atoms with Crippen LogP contribution in [0.4, 0.5) is 21.5 Å². The van der Waals surface area contributed by atoms with Gasteiger partial charge in [0.15, 0.2) is 0 Å². The molecule has 0 saturated carbocycles. The number of hydrogen-bond donors (Lipinski definition) is 2. The second kappa shape index (κ2) is 8.87. The van der Waals surface area contributed by atoms with E-state index in [0.29, 0.717) is 16.9 Å². The lowest BCUT2D eigenvalue weighted by molar-refractivity contribution is -0.120. The molecule has 1 heterocycles. The Morgan fingerprint density at radius 2 is 1.49 bits per heavy atom. The van der Waals surface area contributed by atoms with Crippen LogP contribution in [-0.2, 0) is 14.4 Å². The first kappa shape index (κ1) is 22.0. The Hall–Kier alpha value is -4.78. The molecule has 0 aromatic heterocycles. The molecule has 0 unspecified atom stereocenters. The molecule has 172 valence electrons. The maximum Gasteiger partial charge on any atom is 0.282 e. The Balaban J connectivity index is 1.62. The summed E-state index contributed by atoms with van der Waals surface area (Å²) in [5.41, 5.74) is 2.31. The Bertz CT molecular complexity index is 1500. The van der Waals surface area contributed by atoms with E-state index in [4.69, 9.17) is 0 Å². The maximum absolute atomic E-state index is 13.6. The van der Waals surface area contributed by atoms with E-state index in [1.54, 1.807) is 24.3 Å². The first-order valence-corrected chi connectivity index (χ1v) is 10.9. The molecule has 5 rings (SSSR count). The van der Waals surface area contributed by atoms with Crippen molar-refractivity contribution in [3.8, 4) is 0 Å². The number of nitrogens with zero attached hydrogens (tertiary/aromatic N) is 1. The molecule has 1 aliphatic heterocycles. The highest BCUT2D eigenvalue weighted by molar-refractivity contribution is 6.46. The fourth-order valence-electron chi connectivity index (χ4n) is 4.13. The number of amides is 3. The Morgan fingerprint density at radius 1 is 0.800 bits per heavy atom. The number of nitrogens with one attached hydrogen (secondary N) is 2. The molecule has 0 saturated heterocycles. The minimum absolute atomic E-state index is 0.114. The van der Waals surface area contributed by atoms with Crippen LogP contribution in [0.5, 0.6) is 0 Å². The molecule has 6 nitrogen and oxygen atoms in total. The van der Waals surface area contributed by atoms with Gasteiger partial charge >= 0.3 is 0 Å². The zero-order chi connectivity index (χ0) is 24.5. The van der Waals surface area contributed by atoms with Gasteiger partial charge in [0, 0.05) is 23.7 Å². The maximum atomic E-state index is 13.6. The van der Waals surface area contributed by atoms with E-state index in [2.05, 4.69) is 10.6 Å². The normalized spacial score (nSPS) is 13.5. The van der Waals surface area contributed by atoms with Crippen molar-refractivity contribution in [2.24, 2.45) is 0 Å². The largest absolute Gasteiger partial charge is 0.350 e. The molecule has 1 aliphatic rings. The van der Waals surface area contributed by atoms with Crippen molar-refractivity contribution in [3.05, 3.63) is 108 Å². The Labute approximate surface area is 200 Å². The minimum Gasteiger partial charge on any atom is -0.350 e. The number of halogens is 1. The van der Waals surface area contributed by atoms with E-state index in [1.165, 1.54) is 31.2 Å². The predicted octanol–water partition coefficient (Wildman–Crippen LogP) is 5.33. The van der Waals surface area contributed by atoms with Crippen molar-refractivity contribution in [3.63, 3.8) is 0 Å². The van der Waals surface area contributed by atoms with Gasteiger partial charge < -0.3 is 10.6 Å². The molecule has 0 spiro atoms. The van der Waals surface area contributed by atoms with Crippen molar-refractivity contribution in [1.29, 1.82) is 0 Å². The second-order valence-electron chi connectivity index (χ2n) is 8.08. The topological polar surface area (TPSA) is 78.5 Å².